The number of anilines is 1. The summed E-state index contributed by atoms with van der Waals surface area (Å²) in [6.07, 6.45) is -5.70. The van der Waals surface area contributed by atoms with Gasteiger partial charge in [0.05, 0.1) is 0 Å². The second-order valence-corrected chi connectivity index (χ2v) is 3.39. The summed E-state index contributed by atoms with van der Waals surface area (Å²) in [5.74, 6) is -0.501. The number of alkyl halides is 3. The summed E-state index contributed by atoms with van der Waals surface area (Å²) >= 11 is 0. The van der Waals surface area contributed by atoms with Crippen molar-refractivity contribution in [2.45, 2.75) is 13.1 Å². The molecule has 0 aliphatic carbocycles. The summed E-state index contributed by atoms with van der Waals surface area (Å²) < 4.78 is 52.5. The summed E-state index contributed by atoms with van der Waals surface area (Å²) in [5.41, 5.74) is 0.270. The lowest BCUT2D eigenvalue weighted by molar-refractivity contribution is -0.159. The number of halogens is 4. The maximum atomic E-state index is 12.7. The van der Waals surface area contributed by atoms with E-state index in [1.54, 1.807) is 6.92 Å². The summed E-state index contributed by atoms with van der Waals surface area (Å²) in [7, 11) is 0. The summed E-state index contributed by atoms with van der Waals surface area (Å²) in [4.78, 5) is 12.4. The number of amides is 1. The van der Waals surface area contributed by atoms with Gasteiger partial charge in [0.15, 0.2) is 6.61 Å². The van der Waals surface area contributed by atoms with E-state index in [2.05, 4.69) is 4.74 Å². The lowest BCUT2D eigenvalue weighted by Gasteiger charge is -2.20. The molecule has 3 nitrogen and oxygen atoms in total. The zero-order chi connectivity index (χ0) is 13.8. The topological polar surface area (TPSA) is 29.5 Å². The highest BCUT2D eigenvalue weighted by atomic mass is 19.4. The van der Waals surface area contributed by atoms with E-state index in [1.165, 1.54) is 12.1 Å². The van der Waals surface area contributed by atoms with Crippen LogP contribution in [-0.2, 0) is 4.74 Å². The van der Waals surface area contributed by atoms with E-state index in [0.29, 0.717) is 0 Å². The Kier molecular flexibility index (Phi) is 4.52. The van der Waals surface area contributed by atoms with Gasteiger partial charge in [0, 0.05) is 12.2 Å². The van der Waals surface area contributed by atoms with Crippen LogP contribution < -0.4 is 4.90 Å². The Labute approximate surface area is 101 Å². The van der Waals surface area contributed by atoms with Gasteiger partial charge in [-0.2, -0.15) is 13.2 Å². The Balaban J connectivity index is 2.71. The van der Waals surface area contributed by atoms with E-state index >= 15 is 0 Å². The molecule has 0 aromatic heterocycles. The van der Waals surface area contributed by atoms with E-state index in [-0.39, 0.29) is 12.2 Å². The summed E-state index contributed by atoms with van der Waals surface area (Å²) in [6, 6.07) is 4.78. The molecule has 0 unspecified atom stereocenters. The Morgan fingerprint density at radius 1 is 1.28 bits per heavy atom. The molecule has 0 aliphatic heterocycles. The SMILES string of the molecule is CCN(C(=O)OCC(F)(F)F)c1ccc(F)cc1. The van der Waals surface area contributed by atoms with Gasteiger partial charge in [-0.25, -0.2) is 9.18 Å². The third kappa shape index (κ3) is 4.23. The van der Waals surface area contributed by atoms with Gasteiger partial charge in [-0.15, -0.1) is 0 Å². The molecule has 1 aromatic carbocycles. The third-order valence-electron chi connectivity index (χ3n) is 2.03. The minimum Gasteiger partial charge on any atom is -0.440 e. The van der Waals surface area contributed by atoms with Crippen molar-refractivity contribution in [3.63, 3.8) is 0 Å². The normalized spacial score (nSPS) is 11.2. The molecule has 0 radical (unpaired) electrons. The Hall–Kier alpha value is -1.79. The molecule has 1 amide bonds. The zero-order valence-electron chi connectivity index (χ0n) is 9.50. The first kappa shape index (κ1) is 14.3. The minimum atomic E-state index is -4.57. The van der Waals surface area contributed by atoms with Gasteiger partial charge >= 0.3 is 12.3 Å². The molecule has 0 heterocycles. The van der Waals surface area contributed by atoms with Gasteiger partial charge in [-0.3, -0.25) is 4.90 Å². The fraction of sp³-hybridized carbons (Fsp3) is 0.364. The second kappa shape index (κ2) is 5.70. The van der Waals surface area contributed by atoms with Crippen molar-refractivity contribution in [1.82, 2.24) is 0 Å². The molecule has 0 bridgehead atoms. The molecule has 0 spiro atoms. The van der Waals surface area contributed by atoms with Crippen LogP contribution in [0.15, 0.2) is 24.3 Å². The van der Waals surface area contributed by atoms with Crippen LogP contribution >= 0.6 is 0 Å². The van der Waals surface area contributed by atoms with Crippen LogP contribution in [0.25, 0.3) is 0 Å². The number of hydrogen-bond donors (Lipinski definition) is 0. The molecule has 0 saturated heterocycles. The minimum absolute atomic E-state index is 0.113. The summed E-state index contributed by atoms with van der Waals surface area (Å²) in [5, 5.41) is 0. The Morgan fingerprint density at radius 3 is 2.28 bits per heavy atom. The largest absolute Gasteiger partial charge is 0.440 e. The van der Waals surface area contributed by atoms with Gasteiger partial charge in [0.2, 0.25) is 0 Å². The number of carbonyl (C=O) groups is 1. The van der Waals surface area contributed by atoms with Crippen LogP contribution in [0.5, 0.6) is 0 Å². The van der Waals surface area contributed by atoms with Gasteiger partial charge in [0.1, 0.15) is 5.82 Å². The van der Waals surface area contributed by atoms with E-state index in [4.69, 9.17) is 0 Å². The maximum absolute atomic E-state index is 12.7. The molecular formula is C11H11F4NO2. The lowest BCUT2D eigenvalue weighted by atomic mass is 10.3. The molecule has 100 valence electrons. The molecule has 0 N–H and O–H groups in total. The average Bonchev–Trinajstić information content (AvgIpc) is 2.29. The second-order valence-electron chi connectivity index (χ2n) is 3.39. The fourth-order valence-electron chi connectivity index (χ4n) is 1.26. The molecule has 0 aliphatic rings. The lowest BCUT2D eigenvalue weighted by Crippen LogP contribution is -2.33. The molecule has 0 fully saturated rings. The van der Waals surface area contributed by atoms with Crippen molar-refractivity contribution in [2.75, 3.05) is 18.1 Å². The molecule has 0 atom stereocenters. The van der Waals surface area contributed by atoms with Gasteiger partial charge in [-0.1, -0.05) is 0 Å². The maximum Gasteiger partial charge on any atom is 0.422 e. The predicted octanol–water partition coefficient (Wildman–Crippen LogP) is 3.35. The van der Waals surface area contributed by atoms with Gasteiger partial charge in [0.25, 0.3) is 0 Å². The van der Waals surface area contributed by atoms with Crippen LogP contribution in [0.4, 0.5) is 28.0 Å². The van der Waals surface area contributed by atoms with Crippen molar-refractivity contribution < 1.29 is 27.1 Å². The van der Waals surface area contributed by atoms with E-state index < -0.39 is 24.7 Å². The van der Waals surface area contributed by atoms with E-state index in [0.717, 1.165) is 17.0 Å². The molecule has 1 aromatic rings. The highest BCUT2D eigenvalue weighted by molar-refractivity contribution is 5.87. The fourth-order valence-corrected chi connectivity index (χ4v) is 1.26. The van der Waals surface area contributed by atoms with Crippen LogP contribution in [0.3, 0.4) is 0 Å². The average molecular weight is 265 g/mol. The van der Waals surface area contributed by atoms with Crippen LogP contribution in [-0.4, -0.2) is 25.4 Å². The van der Waals surface area contributed by atoms with Crippen molar-refractivity contribution in [1.29, 1.82) is 0 Å². The monoisotopic (exact) mass is 265 g/mol. The third-order valence-corrected chi connectivity index (χ3v) is 2.03. The molecule has 18 heavy (non-hydrogen) atoms. The highest BCUT2D eigenvalue weighted by Gasteiger charge is 2.30. The van der Waals surface area contributed by atoms with Gasteiger partial charge in [-0.05, 0) is 31.2 Å². The van der Waals surface area contributed by atoms with Crippen molar-refractivity contribution in [2.24, 2.45) is 0 Å². The molecule has 0 saturated carbocycles. The number of rotatable bonds is 3. The zero-order valence-corrected chi connectivity index (χ0v) is 9.50. The highest BCUT2D eigenvalue weighted by Crippen LogP contribution is 2.18. The number of nitrogens with zero attached hydrogens (tertiary/aromatic N) is 1. The first-order valence-corrected chi connectivity index (χ1v) is 5.10. The molecule has 7 heteroatoms. The number of ether oxygens (including phenoxy) is 1. The van der Waals surface area contributed by atoms with Crippen LogP contribution in [0, 0.1) is 5.82 Å². The summed E-state index contributed by atoms with van der Waals surface area (Å²) in [6.45, 7) is 0.0318. The number of hydrogen-bond acceptors (Lipinski definition) is 2. The van der Waals surface area contributed by atoms with E-state index in [1.807, 2.05) is 0 Å². The Bertz CT molecular complexity index is 402. The van der Waals surface area contributed by atoms with Crippen molar-refractivity contribution in [3.8, 4) is 0 Å². The quantitative estimate of drug-likeness (QED) is 0.784. The number of carbonyl (C=O) groups excluding carboxylic acids is 1. The van der Waals surface area contributed by atoms with Gasteiger partial charge < -0.3 is 4.74 Å². The first-order chi connectivity index (χ1) is 8.33. The van der Waals surface area contributed by atoms with Crippen LogP contribution in [0.2, 0.25) is 0 Å². The van der Waals surface area contributed by atoms with Crippen LogP contribution in [0.1, 0.15) is 6.92 Å². The predicted molar refractivity (Wildman–Crippen MR) is 56.8 cm³/mol. The smallest absolute Gasteiger partial charge is 0.422 e. The standard InChI is InChI=1S/C11H11F4NO2/c1-2-16(9-5-3-8(12)4-6-9)10(17)18-7-11(13,14)15/h3-6H,2,7H2,1H3. The number of benzene rings is 1. The van der Waals surface area contributed by atoms with Crippen molar-refractivity contribution in [3.05, 3.63) is 30.1 Å². The first-order valence-electron chi connectivity index (χ1n) is 5.10. The Morgan fingerprint density at radius 2 is 1.83 bits per heavy atom. The molecule has 1 rings (SSSR count). The van der Waals surface area contributed by atoms with Crippen molar-refractivity contribution >= 4 is 11.8 Å². The van der Waals surface area contributed by atoms with E-state index in [9.17, 15) is 22.4 Å². The molecular weight excluding hydrogens is 254 g/mol.